The zero-order valence-corrected chi connectivity index (χ0v) is 10.4. The molecule has 3 N–H and O–H groups in total. The zero-order valence-electron chi connectivity index (χ0n) is 8.86. The summed E-state index contributed by atoms with van der Waals surface area (Å²) in [4.78, 5) is 11.5. The molecular weight excluding hydrogens is 301 g/mol. The highest BCUT2D eigenvalue weighted by Crippen LogP contribution is 2.25. The van der Waals surface area contributed by atoms with E-state index in [0.717, 1.165) is 5.56 Å². The van der Waals surface area contributed by atoms with Gasteiger partial charge in [0.05, 0.1) is 11.3 Å². The summed E-state index contributed by atoms with van der Waals surface area (Å²) in [6, 6.07) is 3.11. The number of anilines is 1. The summed E-state index contributed by atoms with van der Waals surface area (Å²) in [7, 11) is 0. The van der Waals surface area contributed by atoms with E-state index in [9.17, 15) is 18.0 Å². The Kier molecular flexibility index (Phi) is 4.03. The van der Waals surface area contributed by atoms with Crippen LogP contribution in [0.2, 0.25) is 0 Å². The van der Waals surface area contributed by atoms with Gasteiger partial charge in [-0.05, 0) is 40.5 Å². The van der Waals surface area contributed by atoms with Crippen molar-refractivity contribution < 1.29 is 18.0 Å². The van der Waals surface area contributed by atoms with Gasteiger partial charge < -0.3 is 11.1 Å². The maximum atomic E-state index is 11.9. The number of amides is 1. The molecule has 0 aliphatic carbocycles. The summed E-state index contributed by atoms with van der Waals surface area (Å²) in [5.74, 6) is -0.843. The van der Waals surface area contributed by atoms with E-state index in [-0.39, 0.29) is 11.3 Å². The van der Waals surface area contributed by atoms with Crippen LogP contribution >= 0.6 is 15.9 Å². The first-order valence-electron chi connectivity index (χ1n) is 4.61. The Labute approximate surface area is 104 Å². The predicted octanol–water partition coefficient (Wildman–Crippen LogP) is 2.63. The standard InChI is InChI=1S/C10H10BrF3N2O/c1-5-2-6(8(15)7(11)3-5)9(17)16-4-10(12,13)14/h2-3H,4,15H2,1H3,(H,16,17). The topological polar surface area (TPSA) is 55.1 Å². The molecule has 94 valence electrons. The number of rotatable bonds is 2. The van der Waals surface area contributed by atoms with E-state index >= 15 is 0 Å². The van der Waals surface area contributed by atoms with Crippen molar-refractivity contribution in [3.8, 4) is 0 Å². The third-order valence-electron chi connectivity index (χ3n) is 1.97. The fraction of sp³-hybridized carbons (Fsp3) is 0.300. The molecule has 7 heteroatoms. The third kappa shape index (κ3) is 3.92. The second-order valence-corrected chi connectivity index (χ2v) is 4.36. The molecule has 0 heterocycles. The van der Waals surface area contributed by atoms with Crippen molar-refractivity contribution in [2.24, 2.45) is 0 Å². The van der Waals surface area contributed by atoms with Crippen molar-refractivity contribution in [1.82, 2.24) is 5.32 Å². The highest BCUT2D eigenvalue weighted by molar-refractivity contribution is 9.10. The summed E-state index contributed by atoms with van der Waals surface area (Å²) in [6.45, 7) is 0.335. The van der Waals surface area contributed by atoms with E-state index in [4.69, 9.17) is 5.73 Å². The molecule has 0 bridgehead atoms. The highest BCUT2D eigenvalue weighted by Gasteiger charge is 2.28. The molecule has 0 aromatic heterocycles. The van der Waals surface area contributed by atoms with Crippen molar-refractivity contribution >= 4 is 27.5 Å². The molecule has 0 atom stereocenters. The number of carbonyl (C=O) groups is 1. The number of aryl methyl sites for hydroxylation is 1. The third-order valence-corrected chi connectivity index (χ3v) is 2.62. The van der Waals surface area contributed by atoms with E-state index < -0.39 is 18.6 Å². The Morgan fingerprint density at radius 1 is 1.47 bits per heavy atom. The van der Waals surface area contributed by atoms with Crippen LogP contribution in [0.25, 0.3) is 0 Å². The molecule has 1 rings (SSSR count). The molecule has 3 nitrogen and oxygen atoms in total. The number of nitrogen functional groups attached to an aromatic ring is 1. The molecule has 0 fully saturated rings. The van der Waals surface area contributed by atoms with Crippen molar-refractivity contribution in [2.75, 3.05) is 12.3 Å². The van der Waals surface area contributed by atoms with E-state index in [0.29, 0.717) is 4.47 Å². The average molecular weight is 311 g/mol. The molecule has 1 aromatic rings. The first-order chi connectivity index (χ1) is 7.70. The molecular formula is C10H10BrF3N2O. The Balaban J connectivity index is 2.90. The smallest absolute Gasteiger partial charge is 0.397 e. The SMILES string of the molecule is Cc1cc(Br)c(N)c(C(=O)NCC(F)(F)F)c1. The van der Waals surface area contributed by atoms with Gasteiger partial charge in [0.1, 0.15) is 6.54 Å². The minimum absolute atomic E-state index is 0.0288. The summed E-state index contributed by atoms with van der Waals surface area (Å²) in [5, 5.41) is 1.77. The monoisotopic (exact) mass is 310 g/mol. The fourth-order valence-corrected chi connectivity index (χ4v) is 1.79. The van der Waals surface area contributed by atoms with E-state index in [1.165, 1.54) is 6.07 Å². The van der Waals surface area contributed by atoms with Gasteiger partial charge in [0.15, 0.2) is 0 Å². The van der Waals surface area contributed by atoms with Crippen LogP contribution in [0.15, 0.2) is 16.6 Å². The lowest BCUT2D eigenvalue weighted by Crippen LogP contribution is -2.34. The van der Waals surface area contributed by atoms with E-state index in [2.05, 4.69) is 15.9 Å². The largest absolute Gasteiger partial charge is 0.405 e. The van der Waals surface area contributed by atoms with Crippen molar-refractivity contribution in [3.05, 3.63) is 27.7 Å². The first-order valence-corrected chi connectivity index (χ1v) is 5.40. The first kappa shape index (κ1) is 13.8. The van der Waals surface area contributed by atoms with E-state index in [1.807, 2.05) is 0 Å². The predicted molar refractivity (Wildman–Crippen MR) is 61.7 cm³/mol. The fourth-order valence-electron chi connectivity index (χ4n) is 1.22. The van der Waals surface area contributed by atoms with Gasteiger partial charge in [0.2, 0.25) is 0 Å². The van der Waals surface area contributed by atoms with Gasteiger partial charge in [-0.15, -0.1) is 0 Å². The number of nitrogens with one attached hydrogen (secondary N) is 1. The molecule has 0 spiro atoms. The maximum Gasteiger partial charge on any atom is 0.405 e. The highest BCUT2D eigenvalue weighted by atomic mass is 79.9. The minimum atomic E-state index is -4.44. The van der Waals surface area contributed by atoms with Gasteiger partial charge in [0, 0.05) is 4.47 Å². The maximum absolute atomic E-state index is 11.9. The van der Waals surface area contributed by atoms with E-state index in [1.54, 1.807) is 18.3 Å². The Bertz CT molecular complexity index is 446. The summed E-state index contributed by atoms with van der Waals surface area (Å²) < 4.78 is 36.3. The molecule has 1 aromatic carbocycles. The molecule has 17 heavy (non-hydrogen) atoms. The second-order valence-electron chi connectivity index (χ2n) is 3.51. The number of nitrogens with two attached hydrogens (primary N) is 1. The summed E-state index contributed by atoms with van der Waals surface area (Å²) in [6.07, 6.45) is -4.44. The van der Waals surface area contributed by atoms with Gasteiger partial charge in [0.25, 0.3) is 5.91 Å². The number of benzene rings is 1. The number of alkyl halides is 3. The van der Waals surface area contributed by atoms with Crippen LogP contribution < -0.4 is 11.1 Å². The van der Waals surface area contributed by atoms with Crippen LogP contribution in [0.5, 0.6) is 0 Å². The number of hydrogen-bond acceptors (Lipinski definition) is 2. The van der Waals surface area contributed by atoms with Gasteiger partial charge in [-0.25, -0.2) is 0 Å². The molecule has 0 aliphatic rings. The molecule has 0 radical (unpaired) electrons. The summed E-state index contributed by atoms with van der Waals surface area (Å²) in [5.41, 5.74) is 6.48. The lowest BCUT2D eigenvalue weighted by Gasteiger charge is -2.11. The molecule has 0 unspecified atom stereocenters. The molecule has 1 amide bonds. The van der Waals surface area contributed by atoms with Crippen LogP contribution in [-0.4, -0.2) is 18.6 Å². The molecule has 0 saturated heterocycles. The Morgan fingerprint density at radius 3 is 2.59 bits per heavy atom. The zero-order chi connectivity index (χ0) is 13.2. The van der Waals surface area contributed by atoms with Gasteiger partial charge in [-0.1, -0.05) is 0 Å². The Hall–Kier alpha value is -1.24. The quantitative estimate of drug-likeness (QED) is 0.825. The van der Waals surface area contributed by atoms with Gasteiger partial charge in [-0.2, -0.15) is 13.2 Å². The minimum Gasteiger partial charge on any atom is -0.397 e. The Morgan fingerprint density at radius 2 is 2.06 bits per heavy atom. The van der Waals surface area contributed by atoms with Crippen molar-refractivity contribution in [3.63, 3.8) is 0 Å². The van der Waals surface area contributed by atoms with Crippen LogP contribution in [0.4, 0.5) is 18.9 Å². The number of halogens is 4. The van der Waals surface area contributed by atoms with Crippen LogP contribution in [0.1, 0.15) is 15.9 Å². The molecule has 0 saturated carbocycles. The second kappa shape index (κ2) is 4.95. The lowest BCUT2D eigenvalue weighted by atomic mass is 10.1. The molecule has 0 aliphatic heterocycles. The van der Waals surface area contributed by atoms with Gasteiger partial charge >= 0.3 is 6.18 Å². The average Bonchev–Trinajstić information content (AvgIpc) is 2.19. The van der Waals surface area contributed by atoms with Gasteiger partial charge in [-0.3, -0.25) is 4.79 Å². The number of carbonyl (C=O) groups excluding carboxylic acids is 1. The van der Waals surface area contributed by atoms with Crippen LogP contribution in [0.3, 0.4) is 0 Å². The van der Waals surface area contributed by atoms with Crippen LogP contribution in [-0.2, 0) is 0 Å². The summed E-state index contributed by atoms with van der Waals surface area (Å²) >= 11 is 3.13. The lowest BCUT2D eigenvalue weighted by molar-refractivity contribution is -0.123. The van der Waals surface area contributed by atoms with Crippen molar-refractivity contribution in [1.29, 1.82) is 0 Å². The number of hydrogen-bond donors (Lipinski definition) is 2. The van der Waals surface area contributed by atoms with Crippen LogP contribution in [0, 0.1) is 6.92 Å². The van der Waals surface area contributed by atoms with Crippen molar-refractivity contribution in [2.45, 2.75) is 13.1 Å². The normalized spacial score (nSPS) is 11.4.